The summed E-state index contributed by atoms with van der Waals surface area (Å²) in [7, 11) is 0. The molecule has 1 amide bonds. The Hall–Kier alpha value is -0.510. The second-order valence-corrected chi connectivity index (χ2v) is 1.58. The molecule has 0 saturated heterocycles. The minimum atomic E-state index is -0.490. The van der Waals surface area contributed by atoms with Crippen LogP contribution in [0.25, 0.3) is 0 Å². The molecule has 0 aliphatic heterocycles. The number of pyridine rings is 1. The molecule has 0 atom stereocenters. The van der Waals surface area contributed by atoms with Crippen molar-refractivity contribution in [2.75, 3.05) is 0 Å². The van der Waals surface area contributed by atoms with E-state index in [-0.39, 0.29) is 37.2 Å². The minimum Gasteiger partial charge on any atom is -0.364 e. The first-order chi connectivity index (χ1) is 4.30. The van der Waals surface area contributed by atoms with Crippen molar-refractivity contribution >= 4 is 43.1 Å². The van der Waals surface area contributed by atoms with Gasteiger partial charge in [0.15, 0.2) is 0 Å². The van der Waals surface area contributed by atoms with Crippen molar-refractivity contribution in [1.29, 1.82) is 0 Å². The maximum absolute atomic E-state index is 10.4. The highest BCUT2D eigenvalue weighted by molar-refractivity contribution is 5.90. The van der Waals surface area contributed by atoms with Crippen LogP contribution in [0.15, 0.2) is 24.4 Å². The highest BCUT2D eigenvalue weighted by atomic mass is 35.5. The summed E-state index contributed by atoms with van der Waals surface area (Å²) in [6, 6.07) is 5.02. The molecule has 0 aliphatic carbocycles. The van der Waals surface area contributed by atoms with E-state index >= 15 is 0 Å². The molecule has 2 N–H and O–H groups in total. The Morgan fingerprint density at radius 2 is 1.83 bits per heavy atom. The van der Waals surface area contributed by atoms with Crippen molar-refractivity contribution in [1.82, 2.24) is 4.98 Å². The SMILES string of the molecule is Cl.Cl.Cl.NC(=O)c1ccccn1. The van der Waals surface area contributed by atoms with E-state index in [9.17, 15) is 4.79 Å². The van der Waals surface area contributed by atoms with Crippen molar-refractivity contribution in [3.63, 3.8) is 0 Å². The maximum atomic E-state index is 10.4. The van der Waals surface area contributed by atoms with Gasteiger partial charge in [-0.25, -0.2) is 0 Å². The summed E-state index contributed by atoms with van der Waals surface area (Å²) in [6.07, 6.45) is 1.53. The van der Waals surface area contributed by atoms with E-state index in [0.29, 0.717) is 5.69 Å². The highest BCUT2D eigenvalue weighted by Gasteiger charge is 1.95. The molecular weight excluding hydrogens is 222 g/mol. The number of primary amides is 1. The zero-order chi connectivity index (χ0) is 6.69. The molecule has 0 unspecified atom stereocenters. The number of nitrogens with zero attached hydrogens (tertiary/aromatic N) is 1. The van der Waals surface area contributed by atoms with Gasteiger partial charge in [0.2, 0.25) is 0 Å². The van der Waals surface area contributed by atoms with Crippen LogP contribution >= 0.6 is 37.2 Å². The zero-order valence-electron chi connectivity index (χ0n) is 5.97. The quantitative estimate of drug-likeness (QED) is 0.795. The van der Waals surface area contributed by atoms with E-state index in [0.717, 1.165) is 0 Å². The van der Waals surface area contributed by atoms with E-state index < -0.39 is 5.91 Å². The lowest BCUT2D eigenvalue weighted by molar-refractivity contribution is 0.0995. The topological polar surface area (TPSA) is 56.0 Å². The summed E-state index contributed by atoms with van der Waals surface area (Å²) in [6.45, 7) is 0. The molecule has 12 heavy (non-hydrogen) atoms. The molecule has 0 aliphatic rings. The molecule has 0 radical (unpaired) electrons. The van der Waals surface area contributed by atoms with Crippen LogP contribution < -0.4 is 5.73 Å². The third-order valence-electron chi connectivity index (χ3n) is 0.917. The summed E-state index contributed by atoms with van der Waals surface area (Å²) in [5.41, 5.74) is 5.22. The molecule has 0 spiro atoms. The normalized spacial score (nSPS) is 6.67. The Morgan fingerprint density at radius 3 is 2.08 bits per heavy atom. The number of halogens is 3. The monoisotopic (exact) mass is 230 g/mol. The average molecular weight is 232 g/mol. The van der Waals surface area contributed by atoms with Gasteiger partial charge in [0.05, 0.1) is 0 Å². The van der Waals surface area contributed by atoms with Gasteiger partial charge in [-0.2, -0.15) is 0 Å². The first-order valence-electron chi connectivity index (χ1n) is 2.51. The van der Waals surface area contributed by atoms with Crippen LogP contribution in [-0.2, 0) is 0 Å². The van der Waals surface area contributed by atoms with E-state index in [1.165, 1.54) is 6.20 Å². The van der Waals surface area contributed by atoms with E-state index in [4.69, 9.17) is 5.73 Å². The van der Waals surface area contributed by atoms with Crippen LogP contribution in [0.2, 0.25) is 0 Å². The molecular formula is C6H9Cl3N2O. The fraction of sp³-hybridized carbons (Fsp3) is 0. The van der Waals surface area contributed by atoms with Crippen LogP contribution in [0, 0.1) is 0 Å². The summed E-state index contributed by atoms with van der Waals surface area (Å²) < 4.78 is 0. The number of carbonyl (C=O) groups is 1. The van der Waals surface area contributed by atoms with E-state index in [2.05, 4.69) is 4.98 Å². The van der Waals surface area contributed by atoms with Gasteiger partial charge in [-0.1, -0.05) is 6.07 Å². The predicted molar refractivity (Wildman–Crippen MR) is 54.5 cm³/mol. The third kappa shape index (κ3) is 5.18. The van der Waals surface area contributed by atoms with Gasteiger partial charge in [-0.3, -0.25) is 9.78 Å². The largest absolute Gasteiger partial charge is 0.364 e. The number of rotatable bonds is 1. The Balaban J connectivity index is -0.000000270. The molecule has 6 heteroatoms. The Morgan fingerprint density at radius 1 is 1.25 bits per heavy atom. The van der Waals surface area contributed by atoms with Crippen LogP contribution in [0.1, 0.15) is 10.5 Å². The number of hydrogen-bond acceptors (Lipinski definition) is 2. The Bertz CT molecular complexity index is 217. The van der Waals surface area contributed by atoms with Crippen molar-refractivity contribution < 1.29 is 4.79 Å². The number of aromatic nitrogens is 1. The van der Waals surface area contributed by atoms with Gasteiger partial charge in [-0.05, 0) is 12.1 Å². The van der Waals surface area contributed by atoms with Gasteiger partial charge in [0.25, 0.3) is 5.91 Å². The second-order valence-electron chi connectivity index (χ2n) is 1.58. The summed E-state index contributed by atoms with van der Waals surface area (Å²) in [5.74, 6) is -0.490. The average Bonchev–Trinajstić information content (AvgIpc) is 1.90. The van der Waals surface area contributed by atoms with Crippen LogP contribution in [0.4, 0.5) is 0 Å². The fourth-order valence-electron chi connectivity index (χ4n) is 0.509. The smallest absolute Gasteiger partial charge is 0.267 e. The molecule has 1 rings (SSSR count). The third-order valence-corrected chi connectivity index (χ3v) is 0.917. The highest BCUT2D eigenvalue weighted by Crippen LogP contribution is 1.88. The Labute approximate surface area is 89.0 Å². The maximum Gasteiger partial charge on any atom is 0.267 e. The lowest BCUT2D eigenvalue weighted by atomic mass is 10.3. The van der Waals surface area contributed by atoms with Gasteiger partial charge in [0.1, 0.15) is 5.69 Å². The van der Waals surface area contributed by atoms with Gasteiger partial charge in [-0.15, -0.1) is 37.2 Å². The molecule has 0 aromatic carbocycles. The minimum absolute atomic E-state index is 0. The molecule has 0 fully saturated rings. The number of carbonyl (C=O) groups excluding carboxylic acids is 1. The van der Waals surface area contributed by atoms with Crippen molar-refractivity contribution in [3.05, 3.63) is 30.1 Å². The van der Waals surface area contributed by atoms with E-state index in [1.54, 1.807) is 18.2 Å². The first kappa shape index (κ1) is 17.5. The number of nitrogens with two attached hydrogens (primary N) is 1. The van der Waals surface area contributed by atoms with E-state index in [1.807, 2.05) is 0 Å². The fourth-order valence-corrected chi connectivity index (χ4v) is 0.509. The summed E-state index contributed by atoms with van der Waals surface area (Å²) >= 11 is 0. The number of amides is 1. The predicted octanol–water partition coefficient (Wildman–Crippen LogP) is 1.45. The lowest BCUT2D eigenvalue weighted by Crippen LogP contribution is -2.12. The first-order valence-corrected chi connectivity index (χ1v) is 2.51. The molecule has 70 valence electrons. The van der Waals surface area contributed by atoms with Gasteiger partial charge >= 0.3 is 0 Å². The van der Waals surface area contributed by atoms with Crippen LogP contribution in [0.3, 0.4) is 0 Å². The van der Waals surface area contributed by atoms with Crippen molar-refractivity contribution in [2.24, 2.45) is 5.73 Å². The second kappa shape index (κ2) is 8.59. The Kier molecular flexibility index (Phi) is 12.5. The zero-order valence-corrected chi connectivity index (χ0v) is 8.42. The molecule has 1 aromatic heterocycles. The van der Waals surface area contributed by atoms with Crippen molar-refractivity contribution in [2.45, 2.75) is 0 Å². The molecule has 1 aromatic rings. The number of hydrogen-bond donors (Lipinski definition) is 1. The van der Waals surface area contributed by atoms with Crippen LogP contribution in [-0.4, -0.2) is 10.9 Å². The van der Waals surface area contributed by atoms with Gasteiger partial charge in [0, 0.05) is 6.20 Å². The molecule has 1 heterocycles. The lowest BCUT2D eigenvalue weighted by Gasteiger charge is -1.88. The summed E-state index contributed by atoms with van der Waals surface area (Å²) in [4.78, 5) is 14.1. The molecule has 3 nitrogen and oxygen atoms in total. The van der Waals surface area contributed by atoms with Crippen molar-refractivity contribution in [3.8, 4) is 0 Å². The standard InChI is InChI=1S/C6H6N2O.3ClH/c7-6(9)5-3-1-2-4-8-5;;;/h1-4H,(H2,7,9);3*1H. The summed E-state index contributed by atoms with van der Waals surface area (Å²) in [5, 5.41) is 0. The van der Waals surface area contributed by atoms with Crippen LogP contribution in [0.5, 0.6) is 0 Å². The molecule has 0 saturated carbocycles. The van der Waals surface area contributed by atoms with Gasteiger partial charge < -0.3 is 5.73 Å². The molecule has 0 bridgehead atoms.